The number of hydrogen-bond acceptors (Lipinski definition) is 4. The minimum atomic E-state index is -2.99. The van der Waals surface area contributed by atoms with Crippen molar-refractivity contribution >= 4 is 33.0 Å². The Bertz CT molecular complexity index is 625. The SMILES string of the molecule is CS(=O)(=O)CCCC(=O)N1CCN(c2cccc(Cl)c2)CC1. The maximum atomic E-state index is 12.1. The number of benzene rings is 1. The van der Waals surface area contributed by atoms with E-state index < -0.39 is 9.84 Å². The second kappa shape index (κ2) is 7.33. The van der Waals surface area contributed by atoms with Gasteiger partial charge in [-0.3, -0.25) is 4.79 Å². The Hall–Kier alpha value is -1.27. The van der Waals surface area contributed by atoms with E-state index in [2.05, 4.69) is 4.90 Å². The monoisotopic (exact) mass is 344 g/mol. The Labute approximate surface area is 136 Å². The van der Waals surface area contributed by atoms with E-state index in [0.717, 1.165) is 18.8 Å². The molecule has 0 radical (unpaired) electrons. The van der Waals surface area contributed by atoms with E-state index >= 15 is 0 Å². The van der Waals surface area contributed by atoms with Crippen LogP contribution in [-0.4, -0.2) is 57.4 Å². The van der Waals surface area contributed by atoms with E-state index in [-0.39, 0.29) is 11.7 Å². The summed E-state index contributed by atoms with van der Waals surface area (Å²) < 4.78 is 22.1. The molecular weight excluding hydrogens is 324 g/mol. The number of nitrogens with zero attached hydrogens (tertiary/aromatic N) is 2. The quantitative estimate of drug-likeness (QED) is 0.817. The molecule has 0 N–H and O–H groups in total. The largest absolute Gasteiger partial charge is 0.368 e. The molecule has 0 spiro atoms. The molecule has 122 valence electrons. The molecule has 0 aliphatic carbocycles. The van der Waals surface area contributed by atoms with Gasteiger partial charge in [-0.15, -0.1) is 0 Å². The maximum absolute atomic E-state index is 12.1. The van der Waals surface area contributed by atoms with Crippen molar-refractivity contribution in [3.8, 4) is 0 Å². The maximum Gasteiger partial charge on any atom is 0.222 e. The van der Waals surface area contributed by atoms with Gasteiger partial charge in [-0.25, -0.2) is 8.42 Å². The Kier molecular flexibility index (Phi) is 5.69. The lowest BCUT2D eigenvalue weighted by atomic mass is 10.2. The van der Waals surface area contributed by atoms with Crippen molar-refractivity contribution < 1.29 is 13.2 Å². The Morgan fingerprint density at radius 2 is 1.91 bits per heavy atom. The summed E-state index contributed by atoms with van der Waals surface area (Å²) in [5.41, 5.74) is 1.07. The van der Waals surface area contributed by atoms with Gasteiger partial charge in [-0.05, 0) is 24.6 Å². The van der Waals surface area contributed by atoms with E-state index in [0.29, 0.717) is 31.0 Å². The molecule has 0 atom stereocenters. The van der Waals surface area contributed by atoms with Gasteiger partial charge in [0, 0.05) is 49.6 Å². The lowest BCUT2D eigenvalue weighted by molar-refractivity contribution is -0.131. The summed E-state index contributed by atoms with van der Waals surface area (Å²) in [5.74, 6) is 0.107. The summed E-state index contributed by atoms with van der Waals surface area (Å²) in [7, 11) is -2.99. The van der Waals surface area contributed by atoms with Crippen molar-refractivity contribution in [3.05, 3.63) is 29.3 Å². The minimum Gasteiger partial charge on any atom is -0.368 e. The summed E-state index contributed by atoms with van der Waals surface area (Å²) in [4.78, 5) is 16.1. The predicted octanol–water partition coefficient (Wildman–Crippen LogP) is 1.81. The smallest absolute Gasteiger partial charge is 0.222 e. The molecule has 1 heterocycles. The zero-order valence-electron chi connectivity index (χ0n) is 12.7. The molecular formula is C15H21ClN2O3S. The van der Waals surface area contributed by atoms with Gasteiger partial charge in [0.05, 0.1) is 5.75 Å². The van der Waals surface area contributed by atoms with Crippen LogP contribution in [0.25, 0.3) is 0 Å². The molecule has 2 rings (SSSR count). The molecule has 0 saturated carbocycles. The van der Waals surface area contributed by atoms with Gasteiger partial charge in [0.2, 0.25) is 5.91 Å². The van der Waals surface area contributed by atoms with Crippen LogP contribution >= 0.6 is 11.6 Å². The number of halogens is 1. The molecule has 0 aromatic heterocycles. The highest BCUT2D eigenvalue weighted by Gasteiger charge is 2.21. The van der Waals surface area contributed by atoms with Crippen molar-refractivity contribution in [2.75, 3.05) is 43.1 Å². The van der Waals surface area contributed by atoms with Crippen molar-refractivity contribution in [1.29, 1.82) is 0 Å². The van der Waals surface area contributed by atoms with Crippen molar-refractivity contribution in [2.24, 2.45) is 0 Å². The number of sulfone groups is 1. The van der Waals surface area contributed by atoms with Crippen molar-refractivity contribution in [1.82, 2.24) is 4.90 Å². The van der Waals surface area contributed by atoms with E-state index in [1.54, 1.807) is 0 Å². The molecule has 0 unspecified atom stereocenters. The fraction of sp³-hybridized carbons (Fsp3) is 0.533. The summed E-state index contributed by atoms with van der Waals surface area (Å²) in [6.07, 6.45) is 1.89. The number of rotatable bonds is 5. The van der Waals surface area contributed by atoms with Gasteiger partial charge in [0.1, 0.15) is 9.84 Å². The second-order valence-corrected chi connectivity index (χ2v) is 8.28. The zero-order chi connectivity index (χ0) is 16.2. The molecule has 5 nitrogen and oxygen atoms in total. The normalized spacial score (nSPS) is 15.9. The van der Waals surface area contributed by atoms with E-state index in [9.17, 15) is 13.2 Å². The van der Waals surface area contributed by atoms with Crippen molar-refractivity contribution in [2.45, 2.75) is 12.8 Å². The van der Waals surface area contributed by atoms with E-state index in [4.69, 9.17) is 11.6 Å². The summed E-state index contributed by atoms with van der Waals surface area (Å²) >= 11 is 6.00. The number of piperazine rings is 1. The molecule has 1 aromatic carbocycles. The third-order valence-corrected chi connectivity index (χ3v) is 4.98. The third kappa shape index (κ3) is 5.18. The predicted molar refractivity (Wildman–Crippen MR) is 89.2 cm³/mol. The van der Waals surface area contributed by atoms with Crippen LogP contribution in [0.4, 0.5) is 5.69 Å². The highest BCUT2D eigenvalue weighted by Crippen LogP contribution is 2.21. The van der Waals surface area contributed by atoms with Gasteiger partial charge in [0.25, 0.3) is 0 Å². The first-order chi connectivity index (χ1) is 10.3. The molecule has 1 fully saturated rings. The first-order valence-electron chi connectivity index (χ1n) is 7.31. The van der Waals surface area contributed by atoms with Gasteiger partial charge in [-0.1, -0.05) is 17.7 Å². The number of amides is 1. The molecule has 7 heteroatoms. The van der Waals surface area contributed by atoms with Gasteiger partial charge in [0.15, 0.2) is 0 Å². The molecule has 1 amide bonds. The van der Waals surface area contributed by atoms with Crippen LogP contribution in [0.5, 0.6) is 0 Å². The first-order valence-corrected chi connectivity index (χ1v) is 9.75. The zero-order valence-corrected chi connectivity index (χ0v) is 14.2. The Morgan fingerprint density at radius 1 is 1.23 bits per heavy atom. The third-order valence-electron chi connectivity index (χ3n) is 3.71. The topological polar surface area (TPSA) is 57.7 Å². The average molecular weight is 345 g/mol. The summed E-state index contributed by atoms with van der Waals surface area (Å²) in [6, 6.07) is 7.69. The lowest BCUT2D eigenvalue weighted by Crippen LogP contribution is -2.48. The van der Waals surface area contributed by atoms with Crippen LogP contribution in [0.2, 0.25) is 5.02 Å². The number of carbonyl (C=O) groups excluding carboxylic acids is 1. The fourth-order valence-corrected chi connectivity index (χ4v) is 3.38. The van der Waals surface area contributed by atoms with E-state index in [1.165, 1.54) is 6.26 Å². The average Bonchev–Trinajstić information content (AvgIpc) is 2.46. The summed E-state index contributed by atoms with van der Waals surface area (Å²) in [6.45, 7) is 2.84. The molecule has 0 bridgehead atoms. The minimum absolute atomic E-state index is 0.0365. The first kappa shape index (κ1) is 17.1. The van der Waals surface area contributed by atoms with Crippen LogP contribution in [0.3, 0.4) is 0 Å². The summed E-state index contributed by atoms with van der Waals surface area (Å²) in [5, 5.41) is 0.705. The van der Waals surface area contributed by atoms with Crippen LogP contribution in [-0.2, 0) is 14.6 Å². The molecule has 1 aliphatic rings. The molecule has 1 aromatic rings. The fourth-order valence-electron chi connectivity index (χ4n) is 2.53. The highest BCUT2D eigenvalue weighted by molar-refractivity contribution is 7.90. The number of carbonyl (C=O) groups is 1. The standard InChI is InChI=1S/C15H21ClN2O3S/c1-22(20,21)11-3-6-15(19)18-9-7-17(8-10-18)14-5-2-4-13(16)12-14/h2,4-5,12H,3,6-11H2,1H3. The molecule has 22 heavy (non-hydrogen) atoms. The molecule has 1 aliphatic heterocycles. The van der Waals surface area contributed by atoms with Gasteiger partial charge < -0.3 is 9.80 Å². The van der Waals surface area contributed by atoms with Crippen LogP contribution < -0.4 is 4.90 Å². The number of hydrogen-bond donors (Lipinski definition) is 0. The Balaban J connectivity index is 1.80. The highest BCUT2D eigenvalue weighted by atomic mass is 35.5. The van der Waals surface area contributed by atoms with Crippen LogP contribution in [0.1, 0.15) is 12.8 Å². The van der Waals surface area contributed by atoms with Gasteiger partial charge in [-0.2, -0.15) is 0 Å². The van der Waals surface area contributed by atoms with Crippen molar-refractivity contribution in [3.63, 3.8) is 0 Å². The second-order valence-electron chi connectivity index (χ2n) is 5.58. The van der Waals surface area contributed by atoms with Crippen LogP contribution in [0, 0.1) is 0 Å². The van der Waals surface area contributed by atoms with Crippen LogP contribution in [0.15, 0.2) is 24.3 Å². The Morgan fingerprint density at radius 3 is 2.50 bits per heavy atom. The lowest BCUT2D eigenvalue weighted by Gasteiger charge is -2.36. The van der Waals surface area contributed by atoms with Gasteiger partial charge >= 0.3 is 0 Å². The van der Waals surface area contributed by atoms with E-state index in [1.807, 2.05) is 29.2 Å². The number of anilines is 1. The molecule has 1 saturated heterocycles.